The van der Waals surface area contributed by atoms with Crippen LogP contribution in [0.5, 0.6) is 0 Å². The molecule has 2 bridgehead atoms. The molecule has 2 fully saturated rings. The van der Waals surface area contributed by atoms with Gasteiger partial charge in [0.1, 0.15) is 0 Å². The van der Waals surface area contributed by atoms with Crippen molar-refractivity contribution >= 4 is 5.97 Å². The Morgan fingerprint density at radius 1 is 1.38 bits per heavy atom. The molecule has 0 unspecified atom stereocenters. The summed E-state index contributed by atoms with van der Waals surface area (Å²) in [5.74, 6) is 1.26. The van der Waals surface area contributed by atoms with Gasteiger partial charge < -0.3 is 4.74 Å². The molecule has 2 heteroatoms. The molecule has 0 aromatic heterocycles. The summed E-state index contributed by atoms with van der Waals surface area (Å²) >= 11 is 0. The fraction of sp³-hybridized carbons (Fsp3) is 0.727. The van der Waals surface area contributed by atoms with E-state index < -0.39 is 0 Å². The van der Waals surface area contributed by atoms with E-state index in [-0.39, 0.29) is 5.97 Å². The lowest BCUT2D eigenvalue weighted by molar-refractivity contribution is -0.137. The van der Waals surface area contributed by atoms with Gasteiger partial charge >= 0.3 is 5.97 Å². The van der Waals surface area contributed by atoms with Crippen LogP contribution in [0.3, 0.4) is 0 Å². The number of carbonyl (C=O) groups is 1. The number of fused-ring (bicyclic) bond motifs is 2. The van der Waals surface area contributed by atoms with Crippen molar-refractivity contribution in [1.82, 2.24) is 0 Å². The molecule has 13 heavy (non-hydrogen) atoms. The number of carbonyl (C=O) groups excluding carboxylic acids is 1. The first-order chi connectivity index (χ1) is 6.31. The monoisotopic (exact) mass is 180 g/mol. The fourth-order valence-corrected chi connectivity index (χ4v) is 2.65. The van der Waals surface area contributed by atoms with Crippen molar-refractivity contribution in [2.75, 3.05) is 6.61 Å². The maximum absolute atomic E-state index is 11.2. The zero-order valence-corrected chi connectivity index (χ0v) is 8.08. The minimum Gasteiger partial charge on any atom is -0.463 e. The molecule has 0 amide bonds. The number of hydrogen-bond acceptors (Lipinski definition) is 2. The highest BCUT2D eigenvalue weighted by Gasteiger charge is 2.36. The quantitative estimate of drug-likeness (QED) is 0.481. The first-order valence-electron chi connectivity index (χ1n) is 5.19. The SMILES string of the molecule is CCOC(=O)C=C1C2CCC1CC2. The number of esters is 1. The Bertz CT molecular complexity index is 220. The number of allylic oxidation sites excluding steroid dienone is 1. The van der Waals surface area contributed by atoms with E-state index in [0.29, 0.717) is 18.4 Å². The molecule has 2 aliphatic carbocycles. The molecule has 2 rings (SSSR count). The van der Waals surface area contributed by atoms with Crippen molar-refractivity contribution in [2.24, 2.45) is 11.8 Å². The van der Waals surface area contributed by atoms with Gasteiger partial charge in [-0.15, -0.1) is 0 Å². The molecule has 2 aliphatic rings. The van der Waals surface area contributed by atoms with Gasteiger partial charge in [-0.1, -0.05) is 5.57 Å². The van der Waals surface area contributed by atoms with Crippen molar-refractivity contribution in [3.63, 3.8) is 0 Å². The highest BCUT2D eigenvalue weighted by Crippen LogP contribution is 2.48. The van der Waals surface area contributed by atoms with Gasteiger partial charge in [-0.3, -0.25) is 0 Å². The Morgan fingerprint density at radius 3 is 2.38 bits per heavy atom. The number of hydrogen-bond donors (Lipinski definition) is 0. The Hall–Kier alpha value is -0.790. The zero-order chi connectivity index (χ0) is 9.26. The van der Waals surface area contributed by atoms with Crippen LogP contribution in [0.15, 0.2) is 11.6 Å². The molecule has 0 aromatic rings. The smallest absolute Gasteiger partial charge is 0.330 e. The van der Waals surface area contributed by atoms with E-state index in [1.165, 1.54) is 31.3 Å². The maximum atomic E-state index is 11.2. The van der Waals surface area contributed by atoms with Gasteiger partial charge in [0.15, 0.2) is 0 Å². The summed E-state index contributed by atoms with van der Waals surface area (Å²) in [6, 6.07) is 0. The third-order valence-electron chi connectivity index (χ3n) is 3.24. The first kappa shape index (κ1) is 8.79. The zero-order valence-electron chi connectivity index (χ0n) is 8.08. The summed E-state index contributed by atoms with van der Waals surface area (Å²) < 4.78 is 4.91. The molecule has 0 N–H and O–H groups in total. The van der Waals surface area contributed by atoms with Gasteiger partial charge in [0.2, 0.25) is 0 Å². The van der Waals surface area contributed by atoms with Crippen molar-refractivity contribution in [1.29, 1.82) is 0 Å². The van der Waals surface area contributed by atoms with Crippen molar-refractivity contribution in [2.45, 2.75) is 32.6 Å². The Labute approximate surface area is 79.0 Å². The standard InChI is InChI=1S/C11H16O2/c1-2-13-11(12)7-10-8-3-4-9(10)6-5-8/h7-9H,2-6H2,1H3. The van der Waals surface area contributed by atoms with Gasteiger partial charge in [0.25, 0.3) is 0 Å². The van der Waals surface area contributed by atoms with Gasteiger partial charge in [-0.2, -0.15) is 0 Å². The van der Waals surface area contributed by atoms with Crippen LogP contribution < -0.4 is 0 Å². The molecule has 0 heterocycles. The molecule has 2 saturated carbocycles. The molecular formula is C11H16O2. The highest BCUT2D eigenvalue weighted by molar-refractivity contribution is 5.83. The Morgan fingerprint density at radius 2 is 1.92 bits per heavy atom. The average molecular weight is 180 g/mol. The van der Waals surface area contributed by atoms with Crippen molar-refractivity contribution in [3.05, 3.63) is 11.6 Å². The van der Waals surface area contributed by atoms with Crippen LogP contribution in [0.2, 0.25) is 0 Å². The van der Waals surface area contributed by atoms with E-state index in [2.05, 4.69) is 0 Å². The van der Waals surface area contributed by atoms with Crippen LogP contribution in [-0.4, -0.2) is 12.6 Å². The lowest BCUT2D eigenvalue weighted by Gasteiger charge is -2.04. The van der Waals surface area contributed by atoms with E-state index in [9.17, 15) is 4.79 Å². The molecule has 72 valence electrons. The Balaban J connectivity index is 2.04. The highest BCUT2D eigenvalue weighted by atomic mass is 16.5. The van der Waals surface area contributed by atoms with Gasteiger partial charge in [0.05, 0.1) is 6.61 Å². The average Bonchev–Trinajstić information content (AvgIpc) is 2.65. The summed E-state index contributed by atoms with van der Waals surface area (Å²) in [7, 11) is 0. The van der Waals surface area contributed by atoms with Crippen LogP contribution in [0, 0.1) is 11.8 Å². The molecule has 0 aliphatic heterocycles. The van der Waals surface area contributed by atoms with E-state index in [1.54, 1.807) is 6.08 Å². The topological polar surface area (TPSA) is 26.3 Å². The number of rotatable bonds is 2. The second-order valence-corrected chi connectivity index (χ2v) is 3.94. The first-order valence-corrected chi connectivity index (χ1v) is 5.19. The van der Waals surface area contributed by atoms with E-state index in [1.807, 2.05) is 6.92 Å². The van der Waals surface area contributed by atoms with E-state index in [0.717, 1.165) is 0 Å². The summed E-state index contributed by atoms with van der Waals surface area (Å²) in [4.78, 5) is 11.2. The normalized spacial score (nSPS) is 30.7. The molecule has 0 spiro atoms. The predicted octanol–water partition coefficient (Wildman–Crippen LogP) is 2.30. The minimum absolute atomic E-state index is 0.142. The summed E-state index contributed by atoms with van der Waals surface area (Å²) in [5, 5.41) is 0. The van der Waals surface area contributed by atoms with Crippen molar-refractivity contribution < 1.29 is 9.53 Å². The minimum atomic E-state index is -0.142. The maximum Gasteiger partial charge on any atom is 0.330 e. The van der Waals surface area contributed by atoms with Crippen LogP contribution in [0.1, 0.15) is 32.6 Å². The van der Waals surface area contributed by atoms with Crippen LogP contribution in [-0.2, 0) is 9.53 Å². The summed E-state index contributed by atoms with van der Waals surface area (Å²) in [6.45, 7) is 2.33. The predicted molar refractivity (Wildman–Crippen MR) is 50.2 cm³/mol. The molecule has 0 aromatic carbocycles. The summed E-state index contributed by atoms with van der Waals surface area (Å²) in [5.41, 5.74) is 1.37. The largest absolute Gasteiger partial charge is 0.463 e. The molecule has 0 radical (unpaired) electrons. The van der Waals surface area contributed by atoms with Gasteiger partial charge in [-0.05, 0) is 44.4 Å². The molecule has 0 saturated heterocycles. The van der Waals surface area contributed by atoms with Crippen LogP contribution >= 0.6 is 0 Å². The lowest BCUT2D eigenvalue weighted by atomic mass is 10.0. The Kier molecular flexibility index (Phi) is 2.38. The lowest BCUT2D eigenvalue weighted by Crippen LogP contribution is -2.02. The number of ether oxygens (including phenoxy) is 1. The third-order valence-corrected chi connectivity index (χ3v) is 3.24. The van der Waals surface area contributed by atoms with E-state index >= 15 is 0 Å². The molecular weight excluding hydrogens is 164 g/mol. The summed E-state index contributed by atoms with van der Waals surface area (Å²) in [6.07, 6.45) is 6.90. The molecule has 0 atom stereocenters. The van der Waals surface area contributed by atoms with E-state index in [4.69, 9.17) is 4.74 Å². The third kappa shape index (κ3) is 1.62. The van der Waals surface area contributed by atoms with Gasteiger partial charge in [0, 0.05) is 6.08 Å². The molecule has 2 nitrogen and oxygen atoms in total. The second kappa shape index (κ2) is 3.52. The van der Waals surface area contributed by atoms with Crippen LogP contribution in [0.25, 0.3) is 0 Å². The van der Waals surface area contributed by atoms with Crippen LogP contribution in [0.4, 0.5) is 0 Å². The fourth-order valence-electron chi connectivity index (χ4n) is 2.65. The van der Waals surface area contributed by atoms with Crippen molar-refractivity contribution in [3.8, 4) is 0 Å². The van der Waals surface area contributed by atoms with Gasteiger partial charge in [-0.25, -0.2) is 4.79 Å². The second-order valence-electron chi connectivity index (χ2n) is 3.94.